The Hall–Kier alpha value is -2.63. The summed E-state index contributed by atoms with van der Waals surface area (Å²) in [6, 6.07) is 0. The minimum Gasteiger partial charge on any atom is -0.457 e. The lowest BCUT2D eigenvalue weighted by Gasteiger charge is -2.39. The highest BCUT2D eigenvalue weighted by atomic mass is 16.7. The van der Waals surface area contributed by atoms with E-state index in [1.807, 2.05) is 0 Å². The quantitative estimate of drug-likeness (QED) is 0.0269. The van der Waals surface area contributed by atoms with E-state index in [2.05, 4.69) is 98.9 Å². The van der Waals surface area contributed by atoms with Crippen LogP contribution in [0.1, 0.15) is 181 Å². The first-order valence-electron chi connectivity index (χ1n) is 24.7. The second-order valence-corrected chi connectivity index (χ2v) is 16.5. The van der Waals surface area contributed by atoms with E-state index in [9.17, 15) is 25.2 Å². The third kappa shape index (κ3) is 33.9. The molecule has 0 bridgehead atoms. The number of esters is 1. The predicted molar refractivity (Wildman–Crippen MR) is 256 cm³/mol. The highest BCUT2D eigenvalue weighted by molar-refractivity contribution is 5.69. The van der Waals surface area contributed by atoms with Crippen molar-refractivity contribution in [2.24, 2.45) is 0 Å². The zero-order valence-electron chi connectivity index (χ0n) is 39.1. The Kier molecular flexibility index (Phi) is 40.4. The van der Waals surface area contributed by atoms with E-state index in [-0.39, 0.29) is 25.6 Å². The van der Waals surface area contributed by atoms with Gasteiger partial charge in [0, 0.05) is 13.0 Å². The molecule has 9 nitrogen and oxygen atoms in total. The van der Waals surface area contributed by atoms with Crippen LogP contribution in [0.4, 0.5) is 0 Å². The first kappa shape index (κ1) is 57.4. The van der Waals surface area contributed by atoms with Gasteiger partial charge in [0.05, 0.1) is 19.8 Å². The van der Waals surface area contributed by atoms with Crippen molar-refractivity contribution in [2.45, 2.75) is 218 Å². The van der Waals surface area contributed by atoms with Crippen molar-refractivity contribution in [3.05, 3.63) is 85.1 Å². The lowest BCUT2D eigenvalue weighted by molar-refractivity contribution is -0.305. The smallest absolute Gasteiger partial charge is 0.306 e. The van der Waals surface area contributed by atoms with Crippen molar-refractivity contribution in [1.82, 2.24) is 0 Å². The van der Waals surface area contributed by atoms with Crippen LogP contribution in [0.5, 0.6) is 0 Å². The first-order chi connectivity index (χ1) is 30.4. The molecule has 6 unspecified atom stereocenters. The molecule has 1 rings (SSSR count). The highest BCUT2D eigenvalue weighted by Gasteiger charge is 2.44. The van der Waals surface area contributed by atoms with E-state index in [0.29, 0.717) is 13.0 Å². The second-order valence-electron chi connectivity index (χ2n) is 16.5. The highest BCUT2D eigenvalue weighted by Crippen LogP contribution is 2.22. The van der Waals surface area contributed by atoms with Gasteiger partial charge in [-0.2, -0.15) is 0 Å². The number of hydrogen-bond acceptors (Lipinski definition) is 9. The SMILES string of the molecule is CC/C=C\C/C=C\C/C=C\C/C=C\C/C=C\C/C=C\CCCCC(=O)OC(COCCCCCCCCCC/C=C\CCCCCCCC)COC1OC(CO)C(O)C(O)C1O. The summed E-state index contributed by atoms with van der Waals surface area (Å²) in [6.07, 6.45) is 51.8. The van der Waals surface area contributed by atoms with Gasteiger partial charge in [-0.3, -0.25) is 4.79 Å². The van der Waals surface area contributed by atoms with Gasteiger partial charge in [0.25, 0.3) is 0 Å². The van der Waals surface area contributed by atoms with Crippen molar-refractivity contribution in [1.29, 1.82) is 0 Å². The summed E-state index contributed by atoms with van der Waals surface area (Å²) >= 11 is 0. The molecule has 0 aliphatic carbocycles. The van der Waals surface area contributed by atoms with Crippen LogP contribution >= 0.6 is 0 Å². The summed E-state index contributed by atoms with van der Waals surface area (Å²) in [5, 5.41) is 40.2. The van der Waals surface area contributed by atoms with Gasteiger partial charge in [-0.1, -0.05) is 170 Å². The number of unbranched alkanes of at least 4 members (excludes halogenated alkanes) is 16. The number of ether oxygens (including phenoxy) is 4. The molecule has 1 fully saturated rings. The summed E-state index contributed by atoms with van der Waals surface area (Å²) in [7, 11) is 0. The van der Waals surface area contributed by atoms with Gasteiger partial charge >= 0.3 is 5.97 Å². The number of hydrogen-bond donors (Lipinski definition) is 4. The predicted octanol–water partition coefficient (Wildman–Crippen LogP) is 11.8. The van der Waals surface area contributed by atoms with Gasteiger partial charge in [-0.15, -0.1) is 0 Å². The second kappa shape index (κ2) is 43.6. The van der Waals surface area contributed by atoms with Crippen molar-refractivity contribution in [3.8, 4) is 0 Å². The molecule has 0 amide bonds. The van der Waals surface area contributed by atoms with Gasteiger partial charge in [-0.05, 0) is 89.9 Å². The zero-order chi connectivity index (χ0) is 45.0. The van der Waals surface area contributed by atoms with E-state index in [1.54, 1.807) is 0 Å². The molecule has 1 aliphatic rings. The molecule has 6 atom stereocenters. The van der Waals surface area contributed by atoms with Crippen LogP contribution in [0, 0.1) is 0 Å². The maximum absolute atomic E-state index is 12.8. The normalized spacial score (nSPS) is 20.5. The van der Waals surface area contributed by atoms with E-state index < -0.39 is 43.4 Å². The number of allylic oxidation sites excluding steroid dienone is 14. The average molecular weight is 871 g/mol. The maximum Gasteiger partial charge on any atom is 0.306 e. The Morgan fingerprint density at radius 2 is 0.984 bits per heavy atom. The van der Waals surface area contributed by atoms with Crippen molar-refractivity contribution >= 4 is 5.97 Å². The van der Waals surface area contributed by atoms with Crippen LogP contribution in [0.2, 0.25) is 0 Å². The van der Waals surface area contributed by atoms with Gasteiger partial charge in [0.2, 0.25) is 0 Å². The molecule has 4 N–H and O–H groups in total. The lowest BCUT2D eigenvalue weighted by atomic mass is 9.99. The number of aliphatic hydroxyl groups is 4. The van der Waals surface area contributed by atoms with E-state index in [4.69, 9.17) is 18.9 Å². The fraction of sp³-hybridized carbons (Fsp3) is 0.717. The van der Waals surface area contributed by atoms with Gasteiger partial charge in [0.15, 0.2) is 6.29 Å². The molecule has 62 heavy (non-hydrogen) atoms. The number of carbonyl (C=O) groups excluding carboxylic acids is 1. The van der Waals surface area contributed by atoms with Crippen LogP contribution in [-0.2, 0) is 23.7 Å². The largest absolute Gasteiger partial charge is 0.457 e. The van der Waals surface area contributed by atoms with Gasteiger partial charge < -0.3 is 39.4 Å². The molecular weight excluding hydrogens is 781 g/mol. The standard InChI is InChI=1S/C53H90O9/c1-3-5-7-9-11-13-15-17-19-21-23-24-25-26-28-30-32-34-36-38-40-42-49(55)61-47(46-60-53-52(58)51(57)50(56)48(44-54)62-53)45-59-43-41-39-37-35-33-31-29-27-22-20-18-16-14-12-10-8-6-4-2/h5,7,11,13,17-20,23-24,26,28,32,34,47-48,50-54,56-58H,3-4,6,8-10,12,14-16,21-22,25,27,29-31,33,35-46H2,1-2H3/b7-5-,13-11-,19-17-,20-18-,24-23-,28-26-,34-32-. The Labute approximate surface area is 378 Å². The summed E-state index contributed by atoms with van der Waals surface area (Å²) in [5.74, 6) is -0.358. The third-order valence-electron chi connectivity index (χ3n) is 10.8. The van der Waals surface area contributed by atoms with Crippen molar-refractivity contribution in [3.63, 3.8) is 0 Å². The zero-order valence-corrected chi connectivity index (χ0v) is 39.1. The molecule has 0 radical (unpaired) electrons. The Morgan fingerprint density at radius 1 is 0.532 bits per heavy atom. The van der Waals surface area contributed by atoms with E-state index in [1.165, 1.54) is 89.9 Å². The third-order valence-corrected chi connectivity index (χ3v) is 10.8. The van der Waals surface area contributed by atoms with Crippen LogP contribution < -0.4 is 0 Å². The molecule has 0 spiro atoms. The minimum atomic E-state index is -1.55. The molecule has 0 aromatic heterocycles. The molecule has 9 heteroatoms. The van der Waals surface area contributed by atoms with Gasteiger partial charge in [-0.25, -0.2) is 0 Å². The Balaban J connectivity index is 2.28. The Morgan fingerprint density at radius 3 is 1.50 bits per heavy atom. The van der Waals surface area contributed by atoms with E-state index in [0.717, 1.165) is 64.2 Å². The molecule has 1 heterocycles. The van der Waals surface area contributed by atoms with Crippen LogP contribution in [0.25, 0.3) is 0 Å². The molecule has 1 aliphatic heterocycles. The van der Waals surface area contributed by atoms with Crippen molar-refractivity contribution < 1.29 is 44.2 Å². The maximum atomic E-state index is 12.8. The fourth-order valence-electron chi connectivity index (χ4n) is 6.96. The van der Waals surface area contributed by atoms with Gasteiger partial charge in [0.1, 0.15) is 30.5 Å². The first-order valence-corrected chi connectivity index (χ1v) is 24.7. The molecular formula is C53H90O9. The van der Waals surface area contributed by atoms with Crippen LogP contribution in [0.15, 0.2) is 85.1 Å². The van der Waals surface area contributed by atoms with Crippen molar-refractivity contribution in [2.75, 3.05) is 26.4 Å². The summed E-state index contributed by atoms with van der Waals surface area (Å²) in [5.41, 5.74) is 0. The summed E-state index contributed by atoms with van der Waals surface area (Å²) < 4.78 is 22.8. The number of rotatable bonds is 41. The number of aliphatic hydroxyl groups excluding tert-OH is 4. The molecule has 0 aromatic rings. The van der Waals surface area contributed by atoms with Crippen LogP contribution in [-0.4, -0.2) is 89.6 Å². The summed E-state index contributed by atoms with van der Waals surface area (Å²) in [4.78, 5) is 12.8. The molecule has 0 aromatic carbocycles. The number of carbonyl (C=O) groups is 1. The average Bonchev–Trinajstić information content (AvgIpc) is 3.27. The fourth-order valence-corrected chi connectivity index (χ4v) is 6.96. The summed E-state index contributed by atoms with van der Waals surface area (Å²) in [6.45, 7) is 4.37. The Bertz CT molecular complexity index is 1220. The minimum absolute atomic E-state index is 0.120. The lowest BCUT2D eigenvalue weighted by Crippen LogP contribution is -2.59. The van der Waals surface area contributed by atoms with E-state index >= 15 is 0 Å². The molecule has 0 saturated carbocycles. The molecule has 1 saturated heterocycles. The van der Waals surface area contributed by atoms with Crippen LogP contribution in [0.3, 0.4) is 0 Å². The monoisotopic (exact) mass is 871 g/mol. The molecule has 356 valence electrons. The topological polar surface area (TPSA) is 135 Å².